The molecule has 9 heteroatoms. The van der Waals surface area contributed by atoms with Crippen LogP contribution in [0, 0.1) is 0 Å². The monoisotopic (exact) mass is 887 g/mol. The highest BCUT2D eigenvalue weighted by Gasteiger charge is 2.26. The van der Waals surface area contributed by atoms with E-state index in [1.807, 2.05) is 21.1 Å². The molecular formula is C52H105NO7P+. The smallest absolute Gasteiger partial charge is 0.457 e. The summed E-state index contributed by atoms with van der Waals surface area (Å²) in [6.07, 6.45) is 52.6. The van der Waals surface area contributed by atoms with Crippen LogP contribution in [-0.2, 0) is 27.9 Å². The predicted molar refractivity (Wildman–Crippen MR) is 261 cm³/mol. The minimum Gasteiger partial charge on any atom is -0.457 e. The Balaban J connectivity index is 4.06. The van der Waals surface area contributed by atoms with E-state index in [1.54, 1.807) is 0 Å². The van der Waals surface area contributed by atoms with Crippen LogP contribution in [-0.4, -0.2) is 75.6 Å². The van der Waals surface area contributed by atoms with Crippen LogP contribution in [0.3, 0.4) is 0 Å². The number of carbonyl (C=O) groups excluding carboxylic acids is 1. The summed E-state index contributed by atoms with van der Waals surface area (Å²) in [5.41, 5.74) is 0. The van der Waals surface area contributed by atoms with Gasteiger partial charge >= 0.3 is 13.8 Å². The molecule has 0 heterocycles. The molecule has 0 amide bonds. The first kappa shape index (κ1) is 60.2. The zero-order valence-corrected chi connectivity index (χ0v) is 42.3. The van der Waals surface area contributed by atoms with E-state index in [9.17, 15) is 14.3 Å². The number of ether oxygens (including phenoxy) is 2. The number of hydrogen-bond acceptors (Lipinski definition) is 6. The fourth-order valence-corrected chi connectivity index (χ4v) is 8.47. The van der Waals surface area contributed by atoms with Crippen LogP contribution in [0.5, 0.6) is 0 Å². The predicted octanol–water partition coefficient (Wildman–Crippen LogP) is 16.2. The molecule has 0 radical (unpaired) electrons. The zero-order valence-electron chi connectivity index (χ0n) is 41.4. The minimum atomic E-state index is -4.28. The van der Waals surface area contributed by atoms with Gasteiger partial charge in [-0.2, -0.15) is 0 Å². The molecule has 1 N–H and O–H groups in total. The summed E-state index contributed by atoms with van der Waals surface area (Å²) in [7, 11) is 1.68. The maximum absolute atomic E-state index is 12.8. The van der Waals surface area contributed by atoms with E-state index >= 15 is 0 Å². The largest absolute Gasteiger partial charge is 0.472 e. The topological polar surface area (TPSA) is 91.3 Å². The molecule has 0 fully saturated rings. The van der Waals surface area contributed by atoms with E-state index in [1.165, 1.54) is 205 Å². The summed E-state index contributed by atoms with van der Waals surface area (Å²) < 4.78 is 35.2. The SMILES string of the molecule is CCCCCCCC/C=C\CCCCCCCCOCC(COP(=O)(O)OCC[N+](C)(C)C)OC(=O)CCCCCCCCCCCCCCCCCCCCCCCCC. The van der Waals surface area contributed by atoms with Crippen molar-refractivity contribution < 1.29 is 37.3 Å². The minimum absolute atomic E-state index is 0.0910. The molecule has 0 aromatic heterocycles. The molecule has 8 nitrogen and oxygen atoms in total. The van der Waals surface area contributed by atoms with Crippen molar-refractivity contribution in [1.29, 1.82) is 0 Å². The maximum Gasteiger partial charge on any atom is 0.472 e. The highest BCUT2D eigenvalue weighted by molar-refractivity contribution is 7.47. The molecule has 0 spiro atoms. The normalized spacial score (nSPS) is 13.6. The lowest BCUT2D eigenvalue weighted by Gasteiger charge is -2.24. The van der Waals surface area contributed by atoms with E-state index in [2.05, 4.69) is 26.0 Å². The summed E-state index contributed by atoms with van der Waals surface area (Å²) in [5.74, 6) is -0.309. The van der Waals surface area contributed by atoms with E-state index in [0.29, 0.717) is 24.1 Å². The molecule has 0 rings (SSSR count). The lowest BCUT2D eigenvalue weighted by atomic mass is 10.0. The van der Waals surface area contributed by atoms with Gasteiger partial charge in [0.1, 0.15) is 19.3 Å². The van der Waals surface area contributed by atoms with Crippen molar-refractivity contribution in [2.45, 2.75) is 264 Å². The quantitative estimate of drug-likeness (QED) is 0.0214. The Kier molecular flexibility index (Phi) is 45.2. The molecule has 0 aliphatic heterocycles. The van der Waals surface area contributed by atoms with Gasteiger partial charge in [0, 0.05) is 13.0 Å². The Labute approximate surface area is 380 Å². The molecule has 2 unspecified atom stereocenters. The Hall–Kier alpha value is -0.760. The van der Waals surface area contributed by atoms with Crippen molar-refractivity contribution in [3.8, 4) is 0 Å². The molecule has 0 saturated heterocycles. The van der Waals surface area contributed by atoms with Gasteiger partial charge in [0.15, 0.2) is 0 Å². The average molecular weight is 887 g/mol. The number of carbonyl (C=O) groups is 1. The molecule has 61 heavy (non-hydrogen) atoms. The Morgan fingerprint density at radius 2 is 0.852 bits per heavy atom. The number of unbranched alkanes of at least 4 members (excludes halogenated alkanes) is 34. The van der Waals surface area contributed by atoms with Crippen molar-refractivity contribution in [3.05, 3.63) is 12.2 Å². The molecule has 364 valence electrons. The lowest BCUT2D eigenvalue weighted by Crippen LogP contribution is -2.37. The van der Waals surface area contributed by atoms with E-state index < -0.39 is 13.9 Å². The van der Waals surface area contributed by atoms with Crippen LogP contribution >= 0.6 is 7.82 Å². The fourth-order valence-electron chi connectivity index (χ4n) is 7.73. The van der Waals surface area contributed by atoms with Gasteiger partial charge < -0.3 is 18.9 Å². The third kappa shape index (κ3) is 50.1. The average Bonchev–Trinajstić information content (AvgIpc) is 3.22. The summed E-state index contributed by atoms with van der Waals surface area (Å²) in [4.78, 5) is 23.0. The Morgan fingerprint density at radius 1 is 0.492 bits per heavy atom. The standard InChI is InChI=1S/C52H104NO7P/c1-6-8-10-12-14-16-18-20-22-24-25-26-27-28-29-30-31-33-35-37-39-41-43-45-52(54)60-51(50-59-61(55,56)58-48-46-53(3,4)5)49-57-47-44-42-40-38-36-34-32-23-21-19-17-15-13-11-9-7-2/h21,23,51H,6-20,22,24-50H2,1-5H3/p+1/b23-21-. The molecule has 0 bridgehead atoms. The number of phosphoric acid groups is 1. The summed E-state index contributed by atoms with van der Waals surface area (Å²) >= 11 is 0. The third-order valence-corrected chi connectivity index (χ3v) is 12.8. The summed E-state index contributed by atoms with van der Waals surface area (Å²) in [6, 6.07) is 0. The van der Waals surface area contributed by atoms with Gasteiger partial charge in [-0.05, 0) is 38.5 Å². The van der Waals surface area contributed by atoms with Crippen molar-refractivity contribution in [3.63, 3.8) is 0 Å². The van der Waals surface area contributed by atoms with Crippen molar-refractivity contribution >= 4 is 13.8 Å². The highest BCUT2D eigenvalue weighted by Crippen LogP contribution is 2.43. The van der Waals surface area contributed by atoms with Crippen LogP contribution < -0.4 is 0 Å². The van der Waals surface area contributed by atoms with Gasteiger partial charge in [-0.3, -0.25) is 13.8 Å². The molecule has 0 aliphatic carbocycles. The molecule has 0 aromatic rings. The van der Waals surface area contributed by atoms with E-state index in [4.69, 9.17) is 18.5 Å². The van der Waals surface area contributed by atoms with E-state index in [0.717, 1.165) is 32.1 Å². The Bertz CT molecular complexity index is 987. The number of rotatable bonds is 50. The second kappa shape index (κ2) is 45.8. The van der Waals surface area contributed by atoms with Gasteiger partial charge in [0.25, 0.3) is 0 Å². The van der Waals surface area contributed by atoms with Crippen LogP contribution in [0.2, 0.25) is 0 Å². The molecular weight excluding hydrogens is 782 g/mol. The van der Waals surface area contributed by atoms with Gasteiger partial charge in [-0.25, -0.2) is 4.57 Å². The molecule has 0 saturated carbocycles. The van der Waals surface area contributed by atoms with E-state index in [-0.39, 0.29) is 25.8 Å². The van der Waals surface area contributed by atoms with Crippen LogP contribution in [0.15, 0.2) is 12.2 Å². The number of phosphoric ester groups is 1. The molecule has 2 atom stereocenters. The van der Waals surface area contributed by atoms with Gasteiger partial charge in [0.2, 0.25) is 0 Å². The summed E-state index contributed by atoms with van der Waals surface area (Å²) in [6.45, 7) is 5.67. The fraction of sp³-hybridized carbons (Fsp3) is 0.942. The molecule has 0 aromatic carbocycles. The van der Waals surface area contributed by atoms with Crippen molar-refractivity contribution in [2.24, 2.45) is 0 Å². The number of esters is 1. The maximum atomic E-state index is 12.8. The lowest BCUT2D eigenvalue weighted by molar-refractivity contribution is -0.870. The summed E-state index contributed by atoms with van der Waals surface area (Å²) in [5, 5.41) is 0. The van der Waals surface area contributed by atoms with Gasteiger partial charge in [-0.1, -0.05) is 225 Å². The van der Waals surface area contributed by atoms with Crippen LogP contribution in [0.1, 0.15) is 258 Å². The number of hydrogen-bond donors (Lipinski definition) is 1. The Morgan fingerprint density at radius 3 is 1.25 bits per heavy atom. The van der Waals surface area contributed by atoms with Crippen molar-refractivity contribution in [2.75, 3.05) is 54.1 Å². The van der Waals surface area contributed by atoms with Crippen LogP contribution in [0.4, 0.5) is 0 Å². The number of allylic oxidation sites excluding steroid dienone is 2. The number of nitrogens with zero attached hydrogens (tertiary/aromatic N) is 1. The number of quaternary nitrogens is 1. The second-order valence-electron chi connectivity index (χ2n) is 19.3. The first-order valence-electron chi connectivity index (χ1n) is 26.4. The van der Waals surface area contributed by atoms with Gasteiger partial charge in [-0.15, -0.1) is 0 Å². The molecule has 0 aliphatic rings. The third-order valence-electron chi connectivity index (χ3n) is 11.8. The van der Waals surface area contributed by atoms with Gasteiger partial charge in [0.05, 0.1) is 34.4 Å². The van der Waals surface area contributed by atoms with Crippen LogP contribution in [0.25, 0.3) is 0 Å². The zero-order chi connectivity index (χ0) is 44.8. The van der Waals surface area contributed by atoms with Crippen molar-refractivity contribution in [1.82, 2.24) is 0 Å². The second-order valence-corrected chi connectivity index (χ2v) is 20.7. The highest BCUT2D eigenvalue weighted by atomic mass is 31.2. The first-order valence-corrected chi connectivity index (χ1v) is 27.9. The first-order chi connectivity index (χ1) is 29.6. The number of likely N-dealkylation sites (N-methyl/N-ethyl adjacent to an activating group) is 1.